The molecule has 0 aliphatic carbocycles. The Balaban J connectivity index is 2.75. The number of hydrogen-bond donors (Lipinski definition) is 0. The maximum atomic E-state index is 5.39. The van der Waals surface area contributed by atoms with Crippen LogP contribution in [0.25, 0.3) is 0 Å². The molecule has 1 unspecified atom stereocenters. The van der Waals surface area contributed by atoms with Crippen molar-refractivity contribution in [2.45, 2.75) is 38.8 Å². The first-order valence-electron chi connectivity index (χ1n) is 3.88. The summed E-state index contributed by atoms with van der Waals surface area (Å²) in [6.07, 6.45) is 1.29. The summed E-state index contributed by atoms with van der Waals surface area (Å²) in [6, 6.07) is 0. The van der Waals surface area contributed by atoms with Crippen molar-refractivity contribution >= 4 is 17.4 Å². The fourth-order valence-corrected chi connectivity index (χ4v) is 1.79. The van der Waals surface area contributed by atoms with Crippen molar-refractivity contribution in [3.63, 3.8) is 0 Å². The summed E-state index contributed by atoms with van der Waals surface area (Å²) in [5.41, 5.74) is 0.148. The first-order chi connectivity index (χ1) is 4.93. The Bertz CT molecular complexity index is 179. The molecular weight excluding hydrogens is 158 g/mol. The second-order valence-electron chi connectivity index (χ2n) is 3.77. The standard InChI is InChI=1S/C8H15NOS/c1-6-5-8(2,3)9(4)7(11)10-6/h6H,5H2,1-4H3. The van der Waals surface area contributed by atoms with Crippen molar-refractivity contribution in [2.24, 2.45) is 0 Å². The third kappa shape index (κ3) is 1.64. The van der Waals surface area contributed by atoms with E-state index >= 15 is 0 Å². The second kappa shape index (κ2) is 2.63. The van der Waals surface area contributed by atoms with Crippen LogP contribution in [0.1, 0.15) is 27.2 Å². The smallest absolute Gasteiger partial charge is 0.259 e. The van der Waals surface area contributed by atoms with Crippen molar-refractivity contribution in [2.75, 3.05) is 7.05 Å². The number of nitrogens with zero attached hydrogens (tertiary/aromatic N) is 1. The molecule has 1 aliphatic rings. The van der Waals surface area contributed by atoms with Crippen molar-refractivity contribution < 1.29 is 4.74 Å². The number of thiocarbonyl (C=S) groups is 1. The van der Waals surface area contributed by atoms with Crippen LogP contribution in [0.15, 0.2) is 0 Å². The summed E-state index contributed by atoms with van der Waals surface area (Å²) in [5.74, 6) is 0. The number of ether oxygens (including phenoxy) is 1. The summed E-state index contributed by atoms with van der Waals surface area (Å²) in [6.45, 7) is 6.41. The van der Waals surface area contributed by atoms with Crippen LogP contribution < -0.4 is 0 Å². The van der Waals surface area contributed by atoms with E-state index in [2.05, 4.69) is 20.8 Å². The van der Waals surface area contributed by atoms with Crippen LogP contribution in [0.3, 0.4) is 0 Å². The summed E-state index contributed by atoms with van der Waals surface area (Å²) in [5, 5.41) is 0.619. The van der Waals surface area contributed by atoms with Gasteiger partial charge in [-0.15, -0.1) is 0 Å². The Morgan fingerprint density at radius 1 is 1.64 bits per heavy atom. The average Bonchev–Trinajstić information content (AvgIpc) is 1.81. The Morgan fingerprint density at radius 3 is 2.64 bits per heavy atom. The molecule has 0 aromatic carbocycles. The third-order valence-electron chi connectivity index (χ3n) is 2.27. The van der Waals surface area contributed by atoms with Gasteiger partial charge < -0.3 is 9.64 Å². The van der Waals surface area contributed by atoms with Crippen molar-refractivity contribution in [1.29, 1.82) is 0 Å². The lowest BCUT2D eigenvalue weighted by Crippen LogP contribution is -2.52. The lowest BCUT2D eigenvalue weighted by Gasteiger charge is -2.43. The van der Waals surface area contributed by atoms with Crippen LogP contribution in [0.4, 0.5) is 0 Å². The zero-order chi connectivity index (χ0) is 8.65. The maximum Gasteiger partial charge on any atom is 0.259 e. The molecular formula is C8H15NOS. The van der Waals surface area contributed by atoms with E-state index in [9.17, 15) is 0 Å². The van der Waals surface area contributed by atoms with E-state index in [1.165, 1.54) is 0 Å². The van der Waals surface area contributed by atoms with Gasteiger partial charge in [-0.25, -0.2) is 0 Å². The molecule has 1 atom stereocenters. The molecule has 1 aliphatic heterocycles. The highest BCUT2D eigenvalue weighted by Crippen LogP contribution is 2.26. The van der Waals surface area contributed by atoms with E-state index in [-0.39, 0.29) is 11.6 Å². The molecule has 1 fully saturated rings. The molecule has 0 amide bonds. The highest BCUT2D eigenvalue weighted by molar-refractivity contribution is 7.80. The molecule has 1 saturated heterocycles. The quantitative estimate of drug-likeness (QED) is 0.518. The first kappa shape index (κ1) is 8.78. The van der Waals surface area contributed by atoms with Crippen LogP contribution in [-0.4, -0.2) is 28.8 Å². The minimum absolute atomic E-state index is 0.148. The Labute approximate surface area is 73.5 Å². The molecule has 64 valence electrons. The zero-order valence-corrected chi connectivity index (χ0v) is 8.36. The Kier molecular flexibility index (Phi) is 2.10. The van der Waals surface area contributed by atoms with Crippen molar-refractivity contribution in [3.05, 3.63) is 0 Å². The normalized spacial score (nSPS) is 30.0. The van der Waals surface area contributed by atoms with Gasteiger partial charge >= 0.3 is 0 Å². The van der Waals surface area contributed by atoms with Gasteiger partial charge in [0.1, 0.15) is 6.10 Å². The summed E-state index contributed by atoms with van der Waals surface area (Å²) in [7, 11) is 1.98. The molecule has 0 aromatic rings. The van der Waals surface area contributed by atoms with Gasteiger partial charge in [-0.3, -0.25) is 0 Å². The molecule has 0 aromatic heterocycles. The Hall–Kier alpha value is -0.310. The molecule has 0 saturated carbocycles. The second-order valence-corrected chi connectivity index (χ2v) is 4.12. The van der Waals surface area contributed by atoms with E-state index in [0.717, 1.165) is 6.42 Å². The maximum absolute atomic E-state index is 5.39. The third-order valence-corrected chi connectivity index (χ3v) is 2.64. The van der Waals surface area contributed by atoms with Crippen LogP contribution in [0.5, 0.6) is 0 Å². The highest BCUT2D eigenvalue weighted by Gasteiger charge is 2.34. The van der Waals surface area contributed by atoms with E-state index in [0.29, 0.717) is 5.17 Å². The zero-order valence-electron chi connectivity index (χ0n) is 7.55. The van der Waals surface area contributed by atoms with Gasteiger partial charge in [-0.05, 0) is 33.0 Å². The molecule has 0 radical (unpaired) electrons. The van der Waals surface area contributed by atoms with Crippen LogP contribution in [-0.2, 0) is 4.74 Å². The molecule has 11 heavy (non-hydrogen) atoms. The Morgan fingerprint density at radius 2 is 2.18 bits per heavy atom. The van der Waals surface area contributed by atoms with Crippen LogP contribution in [0.2, 0.25) is 0 Å². The molecule has 3 heteroatoms. The predicted octanol–water partition coefficient (Wildman–Crippen LogP) is 1.79. The lowest BCUT2D eigenvalue weighted by atomic mass is 9.95. The van der Waals surface area contributed by atoms with Gasteiger partial charge in [0.05, 0.1) is 0 Å². The minimum atomic E-state index is 0.148. The largest absolute Gasteiger partial charge is 0.468 e. The van der Waals surface area contributed by atoms with E-state index < -0.39 is 0 Å². The molecule has 2 nitrogen and oxygen atoms in total. The summed E-state index contributed by atoms with van der Waals surface area (Å²) in [4.78, 5) is 2.02. The fraction of sp³-hybridized carbons (Fsp3) is 0.875. The molecule has 1 heterocycles. The van der Waals surface area contributed by atoms with Gasteiger partial charge in [0.25, 0.3) is 5.17 Å². The van der Waals surface area contributed by atoms with Gasteiger partial charge in [-0.2, -0.15) is 0 Å². The highest BCUT2D eigenvalue weighted by atomic mass is 32.1. The molecule has 0 N–H and O–H groups in total. The minimum Gasteiger partial charge on any atom is -0.468 e. The monoisotopic (exact) mass is 173 g/mol. The summed E-state index contributed by atoms with van der Waals surface area (Å²) >= 11 is 5.06. The topological polar surface area (TPSA) is 12.5 Å². The van der Waals surface area contributed by atoms with Crippen LogP contribution in [0, 0.1) is 0 Å². The van der Waals surface area contributed by atoms with Gasteiger partial charge in [0, 0.05) is 19.0 Å². The van der Waals surface area contributed by atoms with E-state index in [1.54, 1.807) is 0 Å². The first-order valence-corrected chi connectivity index (χ1v) is 4.29. The van der Waals surface area contributed by atoms with Gasteiger partial charge in [-0.1, -0.05) is 0 Å². The lowest BCUT2D eigenvalue weighted by molar-refractivity contribution is 0.0472. The van der Waals surface area contributed by atoms with Crippen LogP contribution >= 0.6 is 12.2 Å². The molecule has 1 rings (SSSR count). The number of hydrogen-bond acceptors (Lipinski definition) is 2. The fourth-order valence-electron chi connectivity index (χ4n) is 1.38. The van der Waals surface area contributed by atoms with E-state index in [4.69, 9.17) is 17.0 Å². The summed E-state index contributed by atoms with van der Waals surface area (Å²) < 4.78 is 5.39. The van der Waals surface area contributed by atoms with Crippen molar-refractivity contribution in [3.8, 4) is 0 Å². The van der Waals surface area contributed by atoms with Gasteiger partial charge in [0.15, 0.2) is 0 Å². The number of rotatable bonds is 0. The van der Waals surface area contributed by atoms with E-state index in [1.807, 2.05) is 11.9 Å². The molecule has 0 bridgehead atoms. The van der Waals surface area contributed by atoms with Crippen molar-refractivity contribution in [1.82, 2.24) is 4.90 Å². The SMILES string of the molecule is CC1CC(C)(C)N(C)C(=S)O1. The average molecular weight is 173 g/mol. The predicted molar refractivity (Wildman–Crippen MR) is 49.6 cm³/mol. The van der Waals surface area contributed by atoms with Gasteiger partial charge in [0.2, 0.25) is 0 Å². The molecule has 0 spiro atoms.